The molecular weight excluding hydrogens is 308 g/mol. The van der Waals surface area contributed by atoms with E-state index < -0.39 is 5.97 Å². The van der Waals surface area contributed by atoms with Gasteiger partial charge in [0.2, 0.25) is 0 Å². The van der Waals surface area contributed by atoms with Crippen molar-refractivity contribution in [1.82, 2.24) is 0 Å². The summed E-state index contributed by atoms with van der Waals surface area (Å²) in [5, 5.41) is 9.68. The van der Waals surface area contributed by atoms with Crippen LogP contribution in [-0.4, -0.2) is 11.1 Å². The van der Waals surface area contributed by atoms with Crippen LogP contribution in [0.2, 0.25) is 0 Å². The van der Waals surface area contributed by atoms with Crippen molar-refractivity contribution in [2.45, 2.75) is 13.8 Å². The first-order chi connectivity index (χ1) is 8.97. The van der Waals surface area contributed by atoms with E-state index in [0.29, 0.717) is 22.4 Å². The Kier molecular flexibility index (Phi) is 3.90. The van der Waals surface area contributed by atoms with Gasteiger partial charge in [-0.1, -0.05) is 15.9 Å². The van der Waals surface area contributed by atoms with Gasteiger partial charge in [-0.25, -0.2) is 4.79 Å². The summed E-state index contributed by atoms with van der Waals surface area (Å²) >= 11 is 3.32. The van der Waals surface area contributed by atoms with Crippen molar-refractivity contribution in [2.24, 2.45) is 0 Å². The fourth-order valence-corrected chi connectivity index (χ4v) is 2.01. The summed E-state index contributed by atoms with van der Waals surface area (Å²) < 4.78 is 6.18. The highest BCUT2D eigenvalue weighted by molar-refractivity contribution is 9.10. The molecule has 2 rings (SSSR count). The van der Waals surface area contributed by atoms with E-state index in [1.54, 1.807) is 50.2 Å². The molecule has 0 aliphatic rings. The SMILES string of the molecule is Cc1cc(C(=O)Oc2ccc(Br)cc2)cc(C)c1O. The molecule has 0 saturated heterocycles. The van der Waals surface area contributed by atoms with Crippen LogP contribution >= 0.6 is 15.9 Å². The first-order valence-electron chi connectivity index (χ1n) is 5.75. The summed E-state index contributed by atoms with van der Waals surface area (Å²) in [5.41, 5.74) is 1.74. The average Bonchev–Trinajstić information content (AvgIpc) is 2.38. The number of ether oxygens (including phenoxy) is 1. The predicted octanol–water partition coefficient (Wildman–Crippen LogP) is 3.99. The van der Waals surface area contributed by atoms with Crippen LogP contribution in [0.3, 0.4) is 0 Å². The Hall–Kier alpha value is -1.81. The first-order valence-corrected chi connectivity index (χ1v) is 6.54. The van der Waals surface area contributed by atoms with E-state index in [2.05, 4.69) is 15.9 Å². The van der Waals surface area contributed by atoms with E-state index in [9.17, 15) is 9.90 Å². The number of esters is 1. The smallest absolute Gasteiger partial charge is 0.343 e. The standard InChI is InChI=1S/C15H13BrO3/c1-9-7-11(8-10(2)14(9)17)15(18)19-13-5-3-12(16)4-6-13/h3-8,17H,1-2H3. The lowest BCUT2D eigenvalue weighted by Gasteiger charge is -2.08. The molecule has 3 nitrogen and oxygen atoms in total. The Labute approximate surface area is 120 Å². The number of phenols is 1. The molecule has 0 radical (unpaired) electrons. The van der Waals surface area contributed by atoms with Gasteiger partial charge in [0, 0.05) is 4.47 Å². The number of carbonyl (C=O) groups excluding carboxylic acids is 1. The molecule has 4 heteroatoms. The number of aromatic hydroxyl groups is 1. The second kappa shape index (κ2) is 5.45. The highest BCUT2D eigenvalue weighted by Crippen LogP contribution is 2.24. The minimum absolute atomic E-state index is 0.209. The van der Waals surface area contributed by atoms with Gasteiger partial charge in [0.05, 0.1) is 5.56 Å². The van der Waals surface area contributed by atoms with Gasteiger partial charge in [-0.3, -0.25) is 0 Å². The van der Waals surface area contributed by atoms with Crippen molar-refractivity contribution in [3.63, 3.8) is 0 Å². The number of benzene rings is 2. The van der Waals surface area contributed by atoms with E-state index in [1.165, 1.54) is 0 Å². The van der Waals surface area contributed by atoms with Gasteiger partial charge in [-0.2, -0.15) is 0 Å². The molecule has 0 unspecified atom stereocenters. The van der Waals surface area contributed by atoms with Crippen LogP contribution in [0.25, 0.3) is 0 Å². The Morgan fingerprint density at radius 2 is 1.63 bits per heavy atom. The van der Waals surface area contributed by atoms with Gasteiger partial charge in [0.25, 0.3) is 0 Å². The molecule has 19 heavy (non-hydrogen) atoms. The second-order valence-corrected chi connectivity index (χ2v) is 5.22. The lowest BCUT2D eigenvalue weighted by Crippen LogP contribution is -2.09. The zero-order valence-electron chi connectivity index (χ0n) is 10.6. The minimum atomic E-state index is -0.437. The van der Waals surface area contributed by atoms with Gasteiger partial charge in [-0.15, -0.1) is 0 Å². The molecule has 0 atom stereocenters. The molecule has 2 aromatic carbocycles. The van der Waals surface area contributed by atoms with Gasteiger partial charge in [0.15, 0.2) is 0 Å². The Bertz CT molecular complexity index is 595. The number of aryl methyl sites for hydroxylation is 2. The van der Waals surface area contributed by atoms with Crippen molar-refractivity contribution in [3.8, 4) is 11.5 Å². The number of phenolic OH excluding ortho intramolecular Hbond substituents is 1. The zero-order chi connectivity index (χ0) is 14.0. The lowest BCUT2D eigenvalue weighted by atomic mass is 10.1. The third-order valence-electron chi connectivity index (χ3n) is 2.75. The summed E-state index contributed by atoms with van der Waals surface area (Å²) in [6, 6.07) is 10.3. The molecule has 0 aromatic heterocycles. The van der Waals surface area contributed by atoms with E-state index in [-0.39, 0.29) is 5.75 Å². The van der Waals surface area contributed by atoms with Crippen molar-refractivity contribution in [3.05, 3.63) is 57.6 Å². The van der Waals surface area contributed by atoms with Crippen LogP contribution < -0.4 is 4.74 Å². The third-order valence-corrected chi connectivity index (χ3v) is 3.28. The number of rotatable bonds is 2. The van der Waals surface area contributed by atoms with Gasteiger partial charge in [-0.05, 0) is 61.4 Å². The maximum atomic E-state index is 12.0. The van der Waals surface area contributed by atoms with Gasteiger partial charge in [0.1, 0.15) is 11.5 Å². The van der Waals surface area contributed by atoms with Crippen LogP contribution in [0.15, 0.2) is 40.9 Å². The Morgan fingerprint density at radius 1 is 1.11 bits per heavy atom. The summed E-state index contributed by atoms with van der Waals surface area (Å²) in [5.74, 6) is 0.255. The first kappa shape index (κ1) is 13.6. The van der Waals surface area contributed by atoms with E-state index >= 15 is 0 Å². The molecule has 0 fully saturated rings. The summed E-state index contributed by atoms with van der Waals surface area (Å²) in [4.78, 5) is 12.0. The predicted molar refractivity (Wildman–Crippen MR) is 76.7 cm³/mol. The largest absolute Gasteiger partial charge is 0.507 e. The summed E-state index contributed by atoms with van der Waals surface area (Å²) in [6.07, 6.45) is 0. The van der Waals surface area contributed by atoms with E-state index in [1.807, 2.05) is 0 Å². The highest BCUT2D eigenvalue weighted by atomic mass is 79.9. The average molecular weight is 321 g/mol. The molecule has 0 bridgehead atoms. The monoisotopic (exact) mass is 320 g/mol. The van der Waals surface area contributed by atoms with Crippen LogP contribution in [0.4, 0.5) is 0 Å². The molecule has 0 heterocycles. The van der Waals surface area contributed by atoms with Crippen molar-refractivity contribution in [1.29, 1.82) is 0 Å². The molecule has 0 aliphatic carbocycles. The molecule has 0 amide bonds. The Balaban J connectivity index is 2.23. The van der Waals surface area contributed by atoms with Crippen LogP contribution in [0.5, 0.6) is 11.5 Å². The number of hydrogen-bond acceptors (Lipinski definition) is 3. The highest BCUT2D eigenvalue weighted by Gasteiger charge is 2.12. The quantitative estimate of drug-likeness (QED) is 0.672. The van der Waals surface area contributed by atoms with Crippen LogP contribution in [0, 0.1) is 13.8 Å². The zero-order valence-corrected chi connectivity index (χ0v) is 12.2. The minimum Gasteiger partial charge on any atom is -0.507 e. The van der Waals surface area contributed by atoms with Crippen molar-refractivity contribution < 1.29 is 14.6 Å². The normalized spacial score (nSPS) is 10.3. The topological polar surface area (TPSA) is 46.5 Å². The van der Waals surface area contributed by atoms with E-state index in [4.69, 9.17) is 4.74 Å². The molecule has 0 saturated carbocycles. The van der Waals surface area contributed by atoms with Crippen LogP contribution in [0.1, 0.15) is 21.5 Å². The lowest BCUT2D eigenvalue weighted by molar-refractivity contribution is 0.0734. The summed E-state index contributed by atoms with van der Waals surface area (Å²) in [7, 11) is 0. The summed E-state index contributed by atoms with van der Waals surface area (Å²) in [6.45, 7) is 3.50. The second-order valence-electron chi connectivity index (χ2n) is 4.30. The van der Waals surface area contributed by atoms with Crippen molar-refractivity contribution in [2.75, 3.05) is 0 Å². The third kappa shape index (κ3) is 3.15. The van der Waals surface area contributed by atoms with E-state index in [0.717, 1.165) is 4.47 Å². The molecule has 2 aromatic rings. The van der Waals surface area contributed by atoms with Gasteiger partial charge < -0.3 is 9.84 Å². The fourth-order valence-electron chi connectivity index (χ4n) is 1.74. The van der Waals surface area contributed by atoms with Crippen LogP contribution in [-0.2, 0) is 0 Å². The molecule has 98 valence electrons. The maximum absolute atomic E-state index is 12.0. The Morgan fingerprint density at radius 3 is 2.16 bits per heavy atom. The molecule has 1 N–H and O–H groups in total. The maximum Gasteiger partial charge on any atom is 0.343 e. The number of halogens is 1. The van der Waals surface area contributed by atoms with Gasteiger partial charge >= 0.3 is 5.97 Å². The molecular formula is C15H13BrO3. The number of carbonyl (C=O) groups is 1. The molecule has 0 aliphatic heterocycles. The fraction of sp³-hybridized carbons (Fsp3) is 0.133. The number of hydrogen-bond donors (Lipinski definition) is 1. The van der Waals surface area contributed by atoms with Crippen molar-refractivity contribution >= 4 is 21.9 Å². The molecule has 0 spiro atoms.